The van der Waals surface area contributed by atoms with Crippen molar-refractivity contribution in [3.05, 3.63) is 71.8 Å². The molecule has 246 valence electrons. The maximum Gasteiger partial charge on any atom is 0.243 e. The molecule has 1 saturated carbocycles. The Morgan fingerprint density at radius 2 is 1.41 bits per heavy atom. The first-order valence-corrected chi connectivity index (χ1v) is 16.2. The molecule has 2 heterocycles. The van der Waals surface area contributed by atoms with Gasteiger partial charge in [-0.3, -0.25) is 24.0 Å². The SMILES string of the molecule is CC(C)C[C@@H](NC(=O)[C@@H](Cc1ccccc1)NC(=O)[C@H](N)Cc1ccccc1)C(=O)NCC(=O)N1CC2(C1)CC1(CNC(=O)C1)C2. The van der Waals surface area contributed by atoms with Crippen LogP contribution in [-0.4, -0.2) is 78.7 Å². The molecule has 6 N–H and O–H groups in total. The molecule has 5 rings (SSSR count). The lowest BCUT2D eigenvalue weighted by Crippen LogP contribution is -2.68. The first-order valence-electron chi connectivity index (χ1n) is 16.2. The number of hydrogen-bond donors (Lipinski definition) is 5. The van der Waals surface area contributed by atoms with Gasteiger partial charge in [-0.1, -0.05) is 74.5 Å². The summed E-state index contributed by atoms with van der Waals surface area (Å²) in [7, 11) is 0. The number of nitrogens with two attached hydrogens (primary N) is 1. The minimum absolute atomic E-state index is 0.0491. The summed E-state index contributed by atoms with van der Waals surface area (Å²) in [4.78, 5) is 66.4. The van der Waals surface area contributed by atoms with Gasteiger partial charge in [-0.25, -0.2) is 0 Å². The van der Waals surface area contributed by atoms with Gasteiger partial charge in [-0.15, -0.1) is 0 Å². The van der Waals surface area contributed by atoms with Gasteiger partial charge < -0.3 is 31.9 Å². The lowest BCUT2D eigenvalue weighted by molar-refractivity contribution is -0.166. The molecule has 2 aliphatic heterocycles. The molecule has 46 heavy (non-hydrogen) atoms. The standard InChI is InChI=1S/C35H46N6O5/c1-23(2)13-27(32(45)37-17-30(43)41-21-35(22-41)18-34(19-35)16-29(42)38-20-34)40-33(46)28(15-25-11-7-4-8-12-25)39-31(44)26(36)14-24-9-5-3-6-10-24/h3-12,23,26-28H,13-22,36H2,1-2H3,(H,37,45)(H,38,42)(H,39,44)(H,40,46)/t26-,27-,28-/m1/s1. The van der Waals surface area contributed by atoms with Crippen molar-refractivity contribution >= 4 is 29.5 Å². The summed E-state index contributed by atoms with van der Waals surface area (Å²) >= 11 is 0. The van der Waals surface area contributed by atoms with Gasteiger partial charge in [-0.05, 0) is 48.1 Å². The van der Waals surface area contributed by atoms with Gasteiger partial charge >= 0.3 is 0 Å². The Kier molecular flexibility index (Phi) is 10.1. The first kappa shape index (κ1) is 33.1. The number of likely N-dealkylation sites (tertiary alicyclic amines) is 1. The van der Waals surface area contributed by atoms with Crippen LogP contribution in [0.15, 0.2) is 60.7 Å². The predicted octanol–water partition coefficient (Wildman–Crippen LogP) is 1.06. The quantitative estimate of drug-likeness (QED) is 0.222. The van der Waals surface area contributed by atoms with Gasteiger partial charge in [0.2, 0.25) is 29.5 Å². The lowest BCUT2D eigenvalue weighted by atomic mass is 9.49. The molecule has 1 aliphatic carbocycles. The number of carbonyl (C=O) groups is 5. The Labute approximate surface area is 270 Å². The van der Waals surface area contributed by atoms with E-state index in [1.54, 1.807) is 4.90 Å². The highest BCUT2D eigenvalue weighted by Crippen LogP contribution is 2.61. The molecule has 2 aromatic rings. The number of amides is 5. The number of carbonyl (C=O) groups excluding carboxylic acids is 5. The summed E-state index contributed by atoms with van der Waals surface area (Å²) in [5, 5.41) is 11.3. The second-order valence-corrected chi connectivity index (χ2v) is 14.0. The smallest absolute Gasteiger partial charge is 0.243 e. The van der Waals surface area contributed by atoms with E-state index < -0.39 is 35.8 Å². The summed E-state index contributed by atoms with van der Waals surface area (Å²) in [5.74, 6) is -1.40. The average molecular weight is 631 g/mol. The van der Waals surface area contributed by atoms with E-state index >= 15 is 0 Å². The molecule has 0 unspecified atom stereocenters. The molecule has 2 aromatic carbocycles. The Balaban J connectivity index is 1.16. The fourth-order valence-corrected chi connectivity index (χ4v) is 7.38. The van der Waals surface area contributed by atoms with E-state index in [9.17, 15) is 24.0 Å². The molecule has 3 aliphatic rings. The van der Waals surface area contributed by atoms with E-state index in [0.717, 1.165) is 30.5 Å². The third-order valence-corrected chi connectivity index (χ3v) is 9.41. The fraction of sp³-hybridized carbons (Fsp3) is 0.514. The molecule has 2 saturated heterocycles. The summed E-state index contributed by atoms with van der Waals surface area (Å²) in [6.45, 7) is 5.72. The van der Waals surface area contributed by atoms with Crippen LogP contribution in [0.2, 0.25) is 0 Å². The van der Waals surface area contributed by atoms with Crippen LogP contribution in [0.25, 0.3) is 0 Å². The van der Waals surface area contributed by atoms with Crippen molar-refractivity contribution in [1.29, 1.82) is 0 Å². The van der Waals surface area contributed by atoms with E-state index in [1.807, 2.05) is 74.5 Å². The molecule has 5 amide bonds. The zero-order valence-corrected chi connectivity index (χ0v) is 26.7. The van der Waals surface area contributed by atoms with Crippen LogP contribution < -0.4 is 27.0 Å². The highest BCUT2D eigenvalue weighted by Gasteiger charge is 2.62. The summed E-state index contributed by atoms with van der Waals surface area (Å²) in [6, 6.07) is 16.0. The minimum atomic E-state index is -0.964. The van der Waals surface area contributed by atoms with Gasteiger partial charge in [0.05, 0.1) is 12.6 Å². The van der Waals surface area contributed by atoms with Crippen LogP contribution in [0.1, 0.15) is 50.7 Å². The third kappa shape index (κ3) is 8.12. The van der Waals surface area contributed by atoms with E-state index in [0.29, 0.717) is 32.4 Å². The predicted molar refractivity (Wildman–Crippen MR) is 173 cm³/mol. The van der Waals surface area contributed by atoms with E-state index in [-0.39, 0.29) is 41.5 Å². The van der Waals surface area contributed by atoms with Crippen LogP contribution in [0.5, 0.6) is 0 Å². The van der Waals surface area contributed by atoms with Crippen LogP contribution in [0, 0.1) is 16.7 Å². The highest BCUT2D eigenvalue weighted by atomic mass is 16.2. The van der Waals surface area contributed by atoms with Crippen LogP contribution in [0.3, 0.4) is 0 Å². The molecular weight excluding hydrogens is 584 g/mol. The third-order valence-electron chi connectivity index (χ3n) is 9.41. The van der Waals surface area contributed by atoms with Gasteiger partial charge in [0.1, 0.15) is 12.1 Å². The first-order chi connectivity index (χ1) is 21.9. The largest absolute Gasteiger partial charge is 0.356 e. The van der Waals surface area contributed by atoms with Crippen molar-refractivity contribution in [2.24, 2.45) is 22.5 Å². The molecule has 11 nitrogen and oxygen atoms in total. The highest BCUT2D eigenvalue weighted by molar-refractivity contribution is 5.94. The van der Waals surface area contributed by atoms with Crippen LogP contribution in [0.4, 0.5) is 0 Å². The number of nitrogens with zero attached hydrogens (tertiary/aromatic N) is 1. The van der Waals surface area contributed by atoms with Crippen molar-refractivity contribution in [2.75, 3.05) is 26.2 Å². The van der Waals surface area contributed by atoms with Gasteiger partial charge in [0.15, 0.2) is 0 Å². The van der Waals surface area contributed by atoms with Crippen molar-refractivity contribution in [3.8, 4) is 0 Å². The van der Waals surface area contributed by atoms with Gasteiger partial charge in [0, 0.05) is 37.9 Å². The average Bonchev–Trinajstić information content (AvgIpc) is 3.38. The Bertz CT molecular complexity index is 1420. The van der Waals surface area contributed by atoms with Crippen molar-refractivity contribution in [3.63, 3.8) is 0 Å². The molecule has 0 aromatic heterocycles. The number of hydrogen-bond acceptors (Lipinski definition) is 6. The summed E-state index contributed by atoms with van der Waals surface area (Å²) in [6.07, 6.45) is 3.33. The summed E-state index contributed by atoms with van der Waals surface area (Å²) in [5.41, 5.74) is 8.10. The maximum absolute atomic E-state index is 13.7. The number of rotatable bonds is 13. The Hall–Kier alpha value is -4.25. The molecule has 11 heteroatoms. The number of nitrogens with one attached hydrogen (secondary N) is 4. The molecule has 0 radical (unpaired) electrons. The van der Waals surface area contributed by atoms with Crippen LogP contribution in [-0.2, 0) is 36.8 Å². The molecular formula is C35H46N6O5. The topological polar surface area (TPSA) is 163 Å². The normalized spacial score (nSPS) is 19.4. The van der Waals surface area contributed by atoms with E-state index in [1.165, 1.54) is 0 Å². The molecule has 3 fully saturated rings. The van der Waals surface area contributed by atoms with Crippen molar-refractivity contribution in [2.45, 2.75) is 70.5 Å². The molecule has 2 spiro atoms. The van der Waals surface area contributed by atoms with Crippen molar-refractivity contribution < 1.29 is 24.0 Å². The Morgan fingerprint density at radius 1 is 0.826 bits per heavy atom. The fourth-order valence-electron chi connectivity index (χ4n) is 7.38. The van der Waals surface area contributed by atoms with E-state index in [4.69, 9.17) is 5.73 Å². The zero-order chi connectivity index (χ0) is 32.9. The molecule has 0 bridgehead atoms. The lowest BCUT2D eigenvalue weighted by Gasteiger charge is -2.63. The summed E-state index contributed by atoms with van der Waals surface area (Å²) < 4.78 is 0. The Morgan fingerprint density at radius 3 is 1.98 bits per heavy atom. The van der Waals surface area contributed by atoms with E-state index in [2.05, 4.69) is 21.3 Å². The second kappa shape index (κ2) is 14.0. The minimum Gasteiger partial charge on any atom is -0.356 e. The van der Waals surface area contributed by atoms with Gasteiger partial charge in [0.25, 0.3) is 0 Å². The second-order valence-electron chi connectivity index (χ2n) is 14.0. The monoisotopic (exact) mass is 630 g/mol. The zero-order valence-electron chi connectivity index (χ0n) is 26.7. The maximum atomic E-state index is 13.7. The van der Waals surface area contributed by atoms with Gasteiger partial charge in [-0.2, -0.15) is 0 Å². The van der Waals surface area contributed by atoms with Crippen molar-refractivity contribution in [1.82, 2.24) is 26.2 Å². The molecule has 3 atom stereocenters. The van der Waals surface area contributed by atoms with Crippen LogP contribution >= 0.6 is 0 Å². The number of benzene rings is 2.